The minimum Gasteiger partial charge on any atom is -0.480 e. The molecule has 0 radical (unpaired) electrons. The Morgan fingerprint density at radius 3 is 2.56 bits per heavy atom. The van der Waals surface area contributed by atoms with Crippen LogP contribution in [0, 0.1) is 12.8 Å². The number of carboxylic acids is 1. The number of anilines is 2. The summed E-state index contributed by atoms with van der Waals surface area (Å²) in [6.07, 6.45) is 4.16. The van der Waals surface area contributed by atoms with Crippen molar-refractivity contribution in [3.8, 4) is 0 Å². The monoisotopic (exact) mass is 584 g/mol. The molecule has 0 bridgehead atoms. The summed E-state index contributed by atoms with van der Waals surface area (Å²) in [5, 5.41) is 14.9. The van der Waals surface area contributed by atoms with Gasteiger partial charge in [0.05, 0.1) is 30.3 Å². The molecule has 4 rings (SSSR count). The lowest BCUT2D eigenvalue weighted by molar-refractivity contribution is -0.139. The fourth-order valence-corrected chi connectivity index (χ4v) is 5.36. The van der Waals surface area contributed by atoms with Gasteiger partial charge in [-0.2, -0.15) is 0 Å². The quantitative estimate of drug-likeness (QED) is 0.278. The Labute approximate surface area is 237 Å². The summed E-state index contributed by atoms with van der Waals surface area (Å²) >= 11 is 0. The first-order chi connectivity index (χ1) is 19.4. The van der Waals surface area contributed by atoms with Gasteiger partial charge in [0, 0.05) is 24.3 Å². The van der Waals surface area contributed by atoms with Gasteiger partial charge in [-0.05, 0) is 43.0 Å². The van der Waals surface area contributed by atoms with Gasteiger partial charge in [0.1, 0.15) is 18.3 Å². The number of aromatic nitrogens is 2. The number of hydrogen-bond acceptors (Lipinski definition) is 8. The lowest BCUT2D eigenvalue weighted by Crippen LogP contribution is -2.41. The van der Waals surface area contributed by atoms with Crippen LogP contribution in [0.2, 0.25) is 0 Å². The maximum atomic E-state index is 13.3. The third kappa shape index (κ3) is 7.89. The topological polar surface area (TPSA) is 184 Å². The normalized spacial score (nSPS) is 17.7. The molecule has 41 heavy (non-hydrogen) atoms. The molecular formula is C27H32N6O7S. The molecule has 2 aromatic heterocycles. The van der Waals surface area contributed by atoms with Crippen molar-refractivity contribution in [2.75, 3.05) is 23.4 Å². The number of likely N-dealkylation sites (tertiary alicyclic amines) is 1. The molecule has 1 fully saturated rings. The number of oxazole rings is 1. The SMILES string of the molecule is Cc1ccccc1NC(=O)Nc1ccc(CC(=O)N2CCC(C)C2c2nc(CC(NS(C)(=O)=O)C(=O)O)co2)nc1. The van der Waals surface area contributed by atoms with E-state index in [1.54, 1.807) is 23.1 Å². The second-order valence-corrected chi connectivity index (χ2v) is 11.8. The zero-order chi connectivity index (χ0) is 29.7. The van der Waals surface area contributed by atoms with Crippen molar-refractivity contribution in [1.29, 1.82) is 0 Å². The van der Waals surface area contributed by atoms with E-state index in [-0.39, 0.29) is 36.3 Å². The number of benzene rings is 1. The highest BCUT2D eigenvalue weighted by Crippen LogP contribution is 2.37. The van der Waals surface area contributed by atoms with Crippen LogP contribution in [0.1, 0.15) is 42.2 Å². The molecule has 0 saturated carbocycles. The number of aliphatic carboxylic acids is 1. The maximum absolute atomic E-state index is 13.3. The van der Waals surface area contributed by atoms with E-state index in [0.29, 0.717) is 30.0 Å². The molecule has 0 aliphatic carbocycles. The van der Waals surface area contributed by atoms with Crippen molar-refractivity contribution in [1.82, 2.24) is 19.6 Å². The Bertz CT molecular complexity index is 1520. The first kappa shape index (κ1) is 29.7. The van der Waals surface area contributed by atoms with E-state index in [1.807, 2.05) is 32.0 Å². The van der Waals surface area contributed by atoms with Crippen molar-refractivity contribution < 1.29 is 32.3 Å². The van der Waals surface area contributed by atoms with E-state index in [2.05, 4.69) is 25.3 Å². The molecule has 1 saturated heterocycles. The fraction of sp³-hybridized carbons (Fsp3) is 0.370. The largest absolute Gasteiger partial charge is 0.480 e. The number of para-hydroxylation sites is 1. The van der Waals surface area contributed by atoms with E-state index in [1.165, 1.54) is 12.5 Å². The summed E-state index contributed by atoms with van der Waals surface area (Å²) in [7, 11) is -3.75. The van der Waals surface area contributed by atoms with Gasteiger partial charge in [0.25, 0.3) is 0 Å². The Balaban J connectivity index is 1.37. The second-order valence-electron chi connectivity index (χ2n) is 10.1. The molecule has 0 spiro atoms. The van der Waals surface area contributed by atoms with Gasteiger partial charge >= 0.3 is 12.0 Å². The highest BCUT2D eigenvalue weighted by atomic mass is 32.2. The molecule has 1 aliphatic rings. The highest BCUT2D eigenvalue weighted by molar-refractivity contribution is 7.88. The summed E-state index contributed by atoms with van der Waals surface area (Å²) in [4.78, 5) is 47.5. The minimum atomic E-state index is -3.75. The number of sulfonamides is 1. The van der Waals surface area contributed by atoms with E-state index in [9.17, 15) is 27.9 Å². The number of urea groups is 1. The molecular weight excluding hydrogens is 552 g/mol. The smallest absolute Gasteiger partial charge is 0.323 e. The summed E-state index contributed by atoms with van der Waals surface area (Å²) in [6, 6.07) is 8.46. The first-order valence-electron chi connectivity index (χ1n) is 12.9. The van der Waals surface area contributed by atoms with Gasteiger partial charge in [-0.1, -0.05) is 25.1 Å². The molecule has 3 amide bonds. The Hall–Kier alpha value is -4.30. The van der Waals surface area contributed by atoms with Crippen molar-refractivity contribution in [3.05, 3.63) is 71.7 Å². The number of hydrogen-bond donors (Lipinski definition) is 4. The van der Waals surface area contributed by atoms with Crippen molar-refractivity contribution in [3.63, 3.8) is 0 Å². The van der Waals surface area contributed by atoms with Crippen molar-refractivity contribution in [2.24, 2.45) is 5.92 Å². The first-order valence-corrected chi connectivity index (χ1v) is 14.8. The molecule has 3 atom stereocenters. The van der Waals surface area contributed by atoms with Crippen LogP contribution in [-0.4, -0.2) is 65.1 Å². The molecule has 1 aromatic carbocycles. The highest BCUT2D eigenvalue weighted by Gasteiger charge is 2.39. The van der Waals surface area contributed by atoms with Crippen molar-refractivity contribution in [2.45, 2.75) is 45.2 Å². The lowest BCUT2D eigenvalue weighted by atomic mass is 10.0. The van der Waals surface area contributed by atoms with E-state index >= 15 is 0 Å². The van der Waals surface area contributed by atoms with Crippen LogP contribution in [0.4, 0.5) is 16.2 Å². The van der Waals surface area contributed by atoms with E-state index < -0.39 is 34.1 Å². The Morgan fingerprint density at radius 2 is 1.90 bits per heavy atom. The van der Waals surface area contributed by atoms with Gasteiger partial charge in [-0.25, -0.2) is 22.9 Å². The molecule has 1 aliphatic heterocycles. The average Bonchev–Trinajstić information content (AvgIpc) is 3.51. The molecule has 13 nitrogen and oxygen atoms in total. The Kier molecular flexibility index (Phi) is 9.03. The standard InChI is InChI=1S/C27H32N6O7S/c1-16-6-4-5-7-21(16)31-27(37)30-19-9-8-18(28-14-19)13-23(34)33-11-10-17(2)24(33)25-29-20(15-40-25)12-22(26(35)36)32-41(3,38)39/h4-9,14-15,17,22,24,32H,10-13H2,1-3H3,(H,35,36)(H2,30,31,37). The number of aryl methyl sites for hydroxylation is 1. The minimum absolute atomic E-state index is 0.0197. The summed E-state index contributed by atoms with van der Waals surface area (Å²) < 4.78 is 30.7. The van der Waals surface area contributed by atoms with Crippen LogP contribution in [0.5, 0.6) is 0 Å². The molecule has 218 valence electrons. The fourth-order valence-electron chi connectivity index (χ4n) is 4.66. The van der Waals surface area contributed by atoms with Crippen LogP contribution < -0.4 is 15.4 Å². The van der Waals surface area contributed by atoms with Gasteiger partial charge in [-0.15, -0.1) is 0 Å². The van der Waals surface area contributed by atoms with Crippen molar-refractivity contribution >= 4 is 39.3 Å². The number of carbonyl (C=O) groups is 3. The lowest BCUT2D eigenvalue weighted by Gasteiger charge is -2.24. The predicted octanol–water partition coefficient (Wildman–Crippen LogP) is 2.72. The van der Waals surface area contributed by atoms with Crippen LogP contribution in [0.3, 0.4) is 0 Å². The molecule has 14 heteroatoms. The number of rotatable bonds is 10. The summed E-state index contributed by atoms with van der Waals surface area (Å²) in [5.41, 5.74) is 2.87. The van der Waals surface area contributed by atoms with E-state index in [4.69, 9.17) is 4.42 Å². The van der Waals surface area contributed by atoms with E-state index in [0.717, 1.165) is 11.8 Å². The molecule has 4 N–H and O–H groups in total. The summed E-state index contributed by atoms with van der Waals surface area (Å²) in [5.74, 6) is -1.24. The number of pyridine rings is 1. The number of carboxylic acid groups (broad SMARTS) is 1. The number of amides is 3. The number of nitrogens with zero attached hydrogens (tertiary/aromatic N) is 3. The zero-order valence-electron chi connectivity index (χ0n) is 22.8. The number of carbonyl (C=O) groups excluding carboxylic acids is 2. The van der Waals surface area contributed by atoms with Crippen LogP contribution in [-0.2, 0) is 32.5 Å². The van der Waals surface area contributed by atoms with Gasteiger partial charge < -0.3 is 25.1 Å². The number of nitrogens with one attached hydrogen (secondary N) is 3. The van der Waals surface area contributed by atoms with Crippen LogP contribution in [0.15, 0.2) is 53.3 Å². The third-order valence-electron chi connectivity index (χ3n) is 6.72. The third-order valence-corrected chi connectivity index (χ3v) is 7.43. The summed E-state index contributed by atoms with van der Waals surface area (Å²) in [6.45, 7) is 4.34. The second kappa shape index (κ2) is 12.5. The maximum Gasteiger partial charge on any atom is 0.323 e. The van der Waals surface area contributed by atoms with Gasteiger partial charge in [0.2, 0.25) is 21.8 Å². The van der Waals surface area contributed by atoms with Gasteiger partial charge in [0.15, 0.2) is 0 Å². The predicted molar refractivity (Wildman–Crippen MR) is 150 cm³/mol. The molecule has 3 unspecified atom stereocenters. The van der Waals surface area contributed by atoms with Crippen LogP contribution >= 0.6 is 0 Å². The van der Waals surface area contributed by atoms with Crippen LogP contribution in [0.25, 0.3) is 0 Å². The Morgan fingerprint density at radius 1 is 1.15 bits per heavy atom. The molecule has 3 aromatic rings. The van der Waals surface area contributed by atoms with Gasteiger partial charge in [-0.3, -0.25) is 14.6 Å². The molecule has 3 heterocycles. The zero-order valence-corrected chi connectivity index (χ0v) is 23.6. The average molecular weight is 585 g/mol.